The summed E-state index contributed by atoms with van der Waals surface area (Å²) >= 11 is 0. The van der Waals surface area contributed by atoms with Gasteiger partial charge in [0.1, 0.15) is 6.04 Å². The number of hydrogen-bond acceptors (Lipinski definition) is 7. The first-order chi connectivity index (χ1) is 15.1. The fraction of sp³-hybridized carbons (Fsp3) is 0.476. The number of hydrogen-bond donors (Lipinski definition) is 2. The molecule has 10 nitrogen and oxygen atoms in total. The Labute approximate surface area is 184 Å². The van der Waals surface area contributed by atoms with E-state index < -0.39 is 45.5 Å². The molecule has 2 aliphatic rings. The number of benzene rings is 1. The number of rotatable bonds is 10. The Morgan fingerprint density at radius 2 is 1.72 bits per heavy atom. The lowest BCUT2D eigenvalue weighted by atomic mass is 10.0. The van der Waals surface area contributed by atoms with E-state index in [1.54, 1.807) is 0 Å². The van der Waals surface area contributed by atoms with Crippen molar-refractivity contribution < 1.29 is 37.5 Å². The Kier molecular flexibility index (Phi) is 7.07. The maximum Gasteiger partial charge on any atom is 0.303 e. The minimum Gasteiger partial charge on any atom is -0.481 e. The Bertz CT molecular complexity index is 1080. The molecule has 1 fully saturated rings. The van der Waals surface area contributed by atoms with Crippen LogP contribution in [-0.4, -0.2) is 59.8 Å². The van der Waals surface area contributed by atoms with Crippen molar-refractivity contribution in [1.82, 2.24) is 10.2 Å². The van der Waals surface area contributed by atoms with Crippen molar-refractivity contribution in [3.8, 4) is 0 Å². The number of piperidine rings is 1. The highest BCUT2D eigenvalue weighted by molar-refractivity contribution is 7.91. The van der Waals surface area contributed by atoms with Gasteiger partial charge in [-0.3, -0.25) is 34.2 Å². The van der Waals surface area contributed by atoms with Crippen molar-refractivity contribution in [1.29, 1.82) is 0 Å². The molecule has 0 bridgehead atoms. The summed E-state index contributed by atoms with van der Waals surface area (Å²) in [6.45, 7) is 0. The minimum absolute atomic E-state index is 0.0138. The molecule has 2 N–H and O–H groups in total. The number of unbranched alkanes of at least 4 members (excludes halogenated alkanes) is 4. The van der Waals surface area contributed by atoms with Crippen LogP contribution < -0.4 is 5.32 Å². The first-order valence-electron chi connectivity index (χ1n) is 10.4. The zero-order valence-corrected chi connectivity index (χ0v) is 18.2. The number of carbonyl (C=O) groups is 5. The van der Waals surface area contributed by atoms with Crippen molar-refractivity contribution in [2.45, 2.75) is 62.3 Å². The highest BCUT2D eigenvalue weighted by Gasteiger charge is 2.46. The number of imide groups is 2. The predicted molar refractivity (Wildman–Crippen MR) is 111 cm³/mol. The van der Waals surface area contributed by atoms with Gasteiger partial charge in [-0.1, -0.05) is 25.3 Å². The van der Waals surface area contributed by atoms with E-state index in [4.69, 9.17) is 5.11 Å². The molecule has 2 aliphatic heterocycles. The lowest BCUT2D eigenvalue weighted by Gasteiger charge is -2.27. The predicted octanol–water partition coefficient (Wildman–Crippen LogP) is 1.29. The molecule has 0 aliphatic carbocycles. The quantitative estimate of drug-likeness (QED) is 0.388. The molecule has 2 heterocycles. The fourth-order valence-electron chi connectivity index (χ4n) is 3.95. The molecule has 1 saturated heterocycles. The average Bonchev–Trinajstić information content (AvgIpc) is 2.98. The lowest BCUT2D eigenvalue weighted by Crippen LogP contribution is -2.54. The van der Waals surface area contributed by atoms with E-state index >= 15 is 0 Å². The summed E-state index contributed by atoms with van der Waals surface area (Å²) in [5, 5.41) is 10.7. The molecule has 1 aromatic rings. The third kappa shape index (κ3) is 4.87. The maximum absolute atomic E-state index is 13.0. The summed E-state index contributed by atoms with van der Waals surface area (Å²) in [4.78, 5) is 60.4. The van der Waals surface area contributed by atoms with Gasteiger partial charge in [-0.15, -0.1) is 0 Å². The highest BCUT2D eigenvalue weighted by atomic mass is 32.2. The second kappa shape index (κ2) is 9.60. The molecular weight excluding hydrogens is 440 g/mol. The number of fused-ring (bicyclic) bond motifs is 1. The number of nitrogens with zero attached hydrogens (tertiary/aromatic N) is 1. The second-order valence-electron chi connectivity index (χ2n) is 7.86. The zero-order chi connectivity index (χ0) is 23.5. The van der Waals surface area contributed by atoms with Crippen molar-refractivity contribution in [3.05, 3.63) is 29.3 Å². The van der Waals surface area contributed by atoms with Crippen LogP contribution in [0.3, 0.4) is 0 Å². The molecule has 4 amide bonds. The van der Waals surface area contributed by atoms with Gasteiger partial charge in [0.2, 0.25) is 11.8 Å². The van der Waals surface area contributed by atoms with Crippen molar-refractivity contribution in [2.24, 2.45) is 0 Å². The van der Waals surface area contributed by atoms with Crippen LogP contribution >= 0.6 is 0 Å². The Hall–Kier alpha value is -3.08. The maximum atomic E-state index is 13.0. The van der Waals surface area contributed by atoms with Crippen LogP contribution in [0, 0.1) is 0 Å². The summed E-state index contributed by atoms with van der Waals surface area (Å²) in [6.07, 6.45) is 2.86. The Morgan fingerprint density at radius 3 is 2.41 bits per heavy atom. The number of nitrogens with one attached hydrogen (secondary N) is 1. The molecule has 32 heavy (non-hydrogen) atoms. The number of amides is 4. The topological polar surface area (TPSA) is 155 Å². The van der Waals surface area contributed by atoms with E-state index in [0.717, 1.165) is 4.90 Å². The number of sulfone groups is 1. The summed E-state index contributed by atoms with van der Waals surface area (Å²) in [5.41, 5.74) is -0.307. The number of carboxylic acid groups (broad SMARTS) is 1. The molecular formula is C21H24N2O8S. The molecule has 1 atom stereocenters. The third-order valence-electron chi connectivity index (χ3n) is 5.57. The first-order valence-corrected chi connectivity index (χ1v) is 12.1. The van der Waals surface area contributed by atoms with Crippen LogP contribution in [0.25, 0.3) is 0 Å². The monoisotopic (exact) mass is 464 g/mol. The SMILES string of the molecule is O=C(O)CCCCCCCS(=O)(=O)c1cccc2c1C(=O)N(C1CCC(=O)NC1=O)C2=O. The normalized spacial score (nSPS) is 18.6. The number of aliphatic carboxylic acids is 1. The number of carboxylic acids is 1. The van der Waals surface area contributed by atoms with E-state index in [-0.39, 0.29) is 41.0 Å². The smallest absolute Gasteiger partial charge is 0.303 e. The van der Waals surface area contributed by atoms with Crippen LogP contribution in [0.4, 0.5) is 0 Å². The molecule has 3 rings (SSSR count). The van der Waals surface area contributed by atoms with Gasteiger partial charge in [-0.25, -0.2) is 8.42 Å². The van der Waals surface area contributed by atoms with E-state index in [9.17, 15) is 32.4 Å². The van der Waals surface area contributed by atoms with Crippen LogP contribution in [-0.2, 0) is 24.2 Å². The summed E-state index contributed by atoms with van der Waals surface area (Å²) in [7, 11) is -3.87. The molecule has 11 heteroatoms. The summed E-state index contributed by atoms with van der Waals surface area (Å²) in [5.74, 6) is -3.95. The lowest BCUT2D eigenvalue weighted by molar-refractivity contribution is -0.138. The van der Waals surface area contributed by atoms with Gasteiger partial charge in [-0.2, -0.15) is 0 Å². The minimum atomic E-state index is -3.87. The Balaban J connectivity index is 1.72. The first kappa shape index (κ1) is 23.6. The van der Waals surface area contributed by atoms with Crippen molar-refractivity contribution in [3.63, 3.8) is 0 Å². The van der Waals surface area contributed by atoms with Crippen LogP contribution in [0.15, 0.2) is 23.1 Å². The third-order valence-corrected chi connectivity index (χ3v) is 7.41. The summed E-state index contributed by atoms with van der Waals surface area (Å²) < 4.78 is 25.9. The van der Waals surface area contributed by atoms with E-state index in [0.29, 0.717) is 32.1 Å². The van der Waals surface area contributed by atoms with Crippen molar-refractivity contribution in [2.75, 3.05) is 5.75 Å². The van der Waals surface area contributed by atoms with Gasteiger partial charge in [0, 0.05) is 12.8 Å². The van der Waals surface area contributed by atoms with E-state index in [2.05, 4.69) is 5.32 Å². The van der Waals surface area contributed by atoms with Gasteiger partial charge in [0.05, 0.1) is 21.8 Å². The van der Waals surface area contributed by atoms with Gasteiger partial charge in [0.15, 0.2) is 9.84 Å². The molecule has 1 aromatic carbocycles. The Morgan fingerprint density at radius 1 is 1.03 bits per heavy atom. The molecule has 0 aromatic heterocycles. The fourth-order valence-corrected chi connectivity index (χ4v) is 5.55. The second-order valence-corrected chi connectivity index (χ2v) is 9.93. The largest absolute Gasteiger partial charge is 0.481 e. The zero-order valence-electron chi connectivity index (χ0n) is 17.3. The van der Waals surface area contributed by atoms with Gasteiger partial charge >= 0.3 is 5.97 Å². The standard InChI is InChI=1S/C21H24N2O8S/c24-16-11-10-14(19(27)22-16)23-20(28)13-7-6-8-15(18(13)21(23)29)32(30,31)12-5-3-1-2-4-9-17(25)26/h6-8,14H,1-5,9-12H2,(H,25,26)(H,22,24,27). The van der Waals surface area contributed by atoms with E-state index in [1.807, 2.05) is 0 Å². The molecule has 0 saturated carbocycles. The average molecular weight is 464 g/mol. The number of carbonyl (C=O) groups excluding carboxylic acids is 4. The van der Waals surface area contributed by atoms with Crippen molar-refractivity contribution >= 4 is 39.4 Å². The summed E-state index contributed by atoms with van der Waals surface area (Å²) in [6, 6.07) is 2.85. The highest BCUT2D eigenvalue weighted by Crippen LogP contribution is 2.32. The van der Waals surface area contributed by atoms with Crippen LogP contribution in [0.5, 0.6) is 0 Å². The van der Waals surface area contributed by atoms with E-state index in [1.165, 1.54) is 18.2 Å². The molecule has 0 spiro atoms. The van der Waals surface area contributed by atoms with Crippen LogP contribution in [0.2, 0.25) is 0 Å². The molecule has 172 valence electrons. The van der Waals surface area contributed by atoms with Gasteiger partial charge in [-0.05, 0) is 31.4 Å². The molecule has 1 unspecified atom stereocenters. The van der Waals surface area contributed by atoms with Crippen LogP contribution in [0.1, 0.15) is 72.1 Å². The van der Waals surface area contributed by atoms with Gasteiger partial charge < -0.3 is 5.11 Å². The molecule has 0 radical (unpaired) electrons. The van der Waals surface area contributed by atoms with Gasteiger partial charge in [0.25, 0.3) is 11.8 Å².